The van der Waals surface area contributed by atoms with E-state index in [-0.39, 0.29) is 18.0 Å². The Morgan fingerprint density at radius 1 is 1.29 bits per heavy atom. The molecular formula is C15H13F3N4O2. The summed E-state index contributed by atoms with van der Waals surface area (Å²) in [6.45, 7) is 0.578. The lowest BCUT2D eigenvalue weighted by Gasteiger charge is -2.32. The zero-order chi connectivity index (χ0) is 17.3. The van der Waals surface area contributed by atoms with Crippen molar-refractivity contribution in [3.8, 4) is 5.75 Å². The topological polar surface area (TPSA) is 84.5 Å². The number of halogens is 3. The van der Waals surface area contributed by atoms with Gasteiger partial charge in [-0.1, -0.05) is 12.1 Å². The monoisotopic (exact) mass is 338 g/mol. The Labute approximate surface area is 135 Å². The average Bonchev–Trinajstić information content (AvgIpc) is 2.59. The zero-order valence-electron chi connectivity index (χ0n) is 12.3. The fraction of sp³-hybridized carbons (Fsp3) is 0.200. The highest BCUT2D eigenvalue weighted by Gasteiger charge is 2.34. The van der Waals surface area contributed by atoms with Gasteiger partial charge in [0.1, 0.15) is 12.4 Å². The molecule has 2 aromatic rings. The van der Waals surface area contributed by atoms with E-state index in [1.807, 2.05) is 0 Å². The van der Waals surface area contributed by atoms with Gasteiger partial charge in [-0.05, 0) is 18.2 Å². The van der Waals surface area contributed by atoms with Crippen LogP contribution in [0.5, 0.6) is 5.75 Å². The maximum Gasteiger partial charge on any atom is 0.417 e. The Kier molecular flexibility index (Phi) is 4.02. The standard InChI is InChI=1S/C15H13F3N4O2/c16-15(17,18)9-7-11(13(21-8-9)14(19)24-20)22-5-6-23-12-4-2-1-3-10(12)22/h1-4,7-8,19H,5-6,20H2. The van der Waals surface area contributed by atoms with Crippen molar-refractivity contribution in [1.82, 2.24) is 4.98 Å². The second-order valence-electron chi connectivity index (χ2n) is 5.00. The number of hydrogen-bond acceptors (Lipinski definition) is 6. The SMILES string of the molecule is N=C(ON)c1ncc(C(F)(F)F)cc1N1CCOc2ccccc21. The Hall–Kier alpha value is -2.81. The van der Waals surface area contributed by atoms with Crippen LogP contribution in [0.25, 0.3) is 0 Å². The Balaban J connectivity index is 2.17. The number of hydrogen-bond donors (Lipinski definition) is 2. The van der Waals surface area contributed by atoms with Crippen LogP contribution >= 0.6 is 0 Å². The molecule has 0 spiro atoms. The first-order chi connectivity index (χ1) is 11.4. The van der Waals surface area contributed by atoms with Gasteiger partial charge in [-0.15, -0.1) is 0 Å². The second-order valence-corrected chi connectivity index (χ2v) is 5.00. The number of anilines is 2. The van der Waals surface area contributed by atoms with Crippen molar-refractivity contribution >= 4 is 17.3 Å². The molecule has 3 rings (SSSR count). The molecule has 0 fully saturated rings. The van der Waals surface area contributed by atoms with E-state index in [2.05, 4.69) is 9.82 Å². The van der Waals surface area contributed by atoms with Crippen LogP contribution in [-0.2, 0) is 11.0 Å². The van der Waals surface area contributed by atoms with Crippen LogP contribution in [0.3, 0.4) is 0 Å². The van der Waals surface area contributed by atoms with Crippen molar-refractivity contribution in [2.45, 2.75) is 6.18 Å². The maximum atomic E-state index is 13.1. The molecule has 1 aliphatic heterocycles. The van der Waals surface area contributed by atoms with E-state index in [4.69, 9.17) is 16.0 Å². The van der Waals surface area contributed by atoms with Gasteiger partial charge in [-0.2, -0.15) is 19.1 Å². The quantitative estimate of drug-likeness (QED) is 0.500. The van der Waals surface area contributed by atoms with Crippen LogP contribution in [0.2, 0.25) is 0 Å². The molecule has 24 heavy (non-hydrogen) atoms. The van der Waals surface area contributed by atoms with Crippen LogP contribution in [-0.4, -0.2) is 24.0 Å². The summed E-state index contributed by atoms with van der Waals surface area (Å²) in [6, 6.07) is 7.86. The summed E-state index contributed by atoms with van der Waals surface area (Å²) in [5.74, 6) is 5.00. The molecule has 0 aliphatic carbocycles. The molecule has 2 heterocycles. The molecule has 0 unspecified atom stereocenters. The normalized spacial score (nSPS) is 13.9. The molecule has 1 aromatic carbocycles. The molecule has 9 heteroatoms. The molecule has 1 aromatic heterocycles. The molecule has 0 atom stereocenters. The van der Waals surface area contributed by atoms with Gasteiger partial charge in [0.2, 0.25) is 0 Å². The van der Waals surface area contributed by atoms with Crippen LogP contribution in [0.1, 0.15) is 11.3 Å². The molecule has 0 bridgehead atoms. The Morgan fingerprint density at radius 3 is 2.75 bits per heavy atom. The van der Waals surface area contributed by atoms with Crippen LogP contribution in [0.15, 0.2) is 36.5 Å². The summed E-state index contributed by atoms with van der Waals surface area (Å²) in [7, 11) is 0. The number of para-hydroxylation sites is 2. The molecule has 3 N–H and O–H groups in total. The van der Waals surface area contributed by atoms with Gasteiger partial charge in [0, 0.05) is 6.20 Å². The minimum atomic E-state index is -4.56. The number of aromatic nitrogens is 1. The highest BCUT2D eigenvalue weighted by molar-refractivity contribution is 5.97. The number of nitrogens with two attached hydrogens (primary N) is 1. The highest BCUT2D eigenvalue weighted by atomic mass is 19.4. The lowest BCUT2D eigenvalue weighted by atomic mass is 10.1. The first-order valence-corrected chi connectivity index (χ1v) is 6.94. The van der Waals surface area contributed by atoms with Crippen molar-refractivity contribution in [1.29, 1.82) is 5.41 Å². The van der Waals surface area contributed by atoms with Gasteiger partial charge in [-0.25, -0.2) is 4.98 Å². The van der Waals surface area contributed by atoms with Crippen molar-refractivity contribution in [3.63, 3.8) is 0 Å². The number of pyridine rings is 1. The number of nitrogens with one attached hydrogen (secondary N) is 1. The lowest BCUT2D eigenvalue weighted by Crippen LogP contribution is -2.31. The third kappa shape index (κ3) is 2.85. The van der Waals surface area contributed by atoms with Gasteiger partial charge >= 0.3 is 6.18 Å². The van der Waals surface area contributed by atoms with E-state index in [0.29, 0.717) is 24.2 Å². The smallest absolute Gasteiger partial charge is 0.417 e. The van der Waals surface area contributed by atoms with Crippen molar-refractivity contribution < 1.29 is 22.7 Å². The summed E-state index contributed by atoms with van der Waals surface area (Å²) >= 11 is 0. The van der Waals surface area contributed by atoms with Crippen LogP contribution < -0.4 is 15.5 Å². The number of alkyl halides is 3. The maximum absolute atomic E-state index is 13.1. The molecule has 0 saturated heterocycles. The summed E-state index contributed by atoms with van der Waals surface area (Å²) in [5.41, 5.74) is -0.343. The van der Waals surface area contributed by atoms with Crippen molar-refractivity contribution in [2.75, 3.05) is 18.1 Å². The van der Waals surface area contributed by atoms with E-state index in [9.17, 15) is 13.2 Å². The molecule has 0 saturated carbocycles. The zero-order valence-corrected chi connectivity index (χ0v) is 12.3. The highest BCUT2D eigenvalue weighted by Crippen LogP contribution is 2.39. The van der Waals surface area contributed by atoms with Crippen LogP contribution in [0, 0.1) is 5.41 Å². The summed E-state index contributed by atoms with van der Waals surface area (Å²) in [4.78, 5) is 9.70. The third-order valence-corrected chi connectivity index (χ3v) is 3.55. The van der Waals surface area contributed by atoms with Gasteiger partial charge in [-0.3, -0.25) is 5.41 Å². The fourth-order valence-electron chi connectivity index (χ4n) is 2.46. The van der Waals surface area contributed by atoms with Gasteiger partial charge in [0.15, 0.2) is 5.69 Å². The van der Waals surface area contributed by atoms with Crippen molar-refractivity contribution in [3.05, 3.63) is 47.8 Å². The number of nitrogens with zero attached hydrogens (tertiary/aromatic N) is 2. The third-order valence-electron chi connectivity index (χ3n) is 3.55. The minimum Gasteiger partial charge on any atom is -0.490 e. The summed E-state index contributed by atoms with van der Waals surface area (Å²) < 4.78 is 44.7. The van der Waals surface area contributed by atoms with Gasteiger partial charge in [0.05, 0.1) is 23.5 Å². The first-order valence-electron chi connectivity index (χ1n) is 6.94. The van der Waals surface area contributed by atoms with Crippen LogP contribution in [0.4, 0.5) is 24.5 Å². The number of rotatable bonds is 2. The van der Waals surface area contributed by atoms with E-state index in [1.54, 1.807) is 29.2 Å². The summed E-state index contributed by atoms with van der Waals surface area (Å²) in [6.07, 6.45) is -3.91. The summed E-state index contributed by atoms with van der Waals surface area (Å²) in [5, 5.41) is 7.70. The van der Waals surface area contributed by atoms with E-state index >= 15 is 0 Å². The molecular weight excluding hydrogens is 325 g/mol. The minimum absolute atomic E-state index is 0.0797. The predicted molar refractivity (Wildman–Crippen MR) is 80.3 cm³/mol. The van der Waals surface area contributed by atoms with E-state index in [0.717, 1.165) is 6.07 Å². The largest absolute Gasteiger partial charge is 0.490 e. The van der Waals surface area contributed by atoms with Gasteiger partial charge in [0.25, 0.3) is 5.90 Å². The molecule has 1 aliphatic rings. The number of ether oxygens (including phenoxy) is 1. The Bertz CT molecular complexity index is 780. The first kappa shape index (κ1) is 16.1. The fourth-order valence-corrected chi connectivity index (χ4v) is 2.46. The Morgan fingerprint density at radius 2 is 2.04 bits per heavy atom. The molecule has 6 nitrogen and oxygen atoms in total. The average molecular weight is 338 g/mol. The van der Waals surface area contributed by atoms with Crippen molar-refractivity contribution in [2.24, 2.45) is 5.90 Å². The number of fused-ring (bicyclic) bond motifs is 1. The second kappa shape index (κ2) is 6.00. The predicted octanol–water partition coefficient (Wildman–Crippen LogP) is 2.85. The van der Waals surface area contributed by atoms with E-state index in [1.165, 1.54) is 0 Å². The lowest BCUT2D eigenvalue weighted by molar-refractivity contribution is -0.137. The van der Waals surface area contributed by atoms with E-state index < -0.39 is 17.6 Å². The molecule has 126 valence electrons. The molecule has 0 amide bonds. The molecule has 0 radical (unpaired) electrons. The van der Waals surface area contributed by atoms with Gasteiger partial charge < -0.3 is 14.5 Å². The number of benzene rings is 1.